The molecule has 0 amide bonds. The van der Waals surface area contributed by atoms with Crippen LogP contribution in [-0.4, -0.2) is 24.9 Å². The number of aromatic amines is 1. The molecule has 0 saturated heterocycles. The molecule has 1 atom stereocenters. The molecule has 3 aromatic rings. The van der Waals surface area contributed by atoms with Crippen molar-refractivity contribution in [2.75, 3.05) is 11.5 Å². The molecular formula is C15H20N8. The smallest absolute Gasteiger partial charge is 0.224 e. The standard InChI is InChI=1S/C15H20N8/c1-8(2)10(19-7-9-4-3-5-18-6-9)13-20-11-12(16)21-15(17)23-14(11)22-13/h3-6,8,10,19H,7H2,1-2H3,(H5,16,17,20,21,22,23). The van der Waals surface area contributed by atoms with Gasteiger partial charge in [0.1, 0.15) is 11.3 Å². The van der Waals surface area contributed by atoms with Gasteiger partial charge in [0.2, 0.25) is 5.95 Å². The van der Waals surface area contributed by atoms with Gasteiger partial charge in [-0.1, -0.05) is 19.9 Å². The molecule has 0 aliphatic carbocycles. The van der Waals surface area contributed by atoms with Crippen LogP contribution in [0.15, 0.2) is 24.5 Å². The maximum atomic E-state index is 5.88. The van der Waals surface area contributed by atoms with Gasteiger partial charge in [-0.15, -0.1) is 0 Å². The van der Waals surface area contributed by atoms with Gasteiger partial charge >= 0.3 is 0 Å². The lowest BCUT2D eigenvalue weighted by Gasteiger charge is -2.20. The average Bonchev–Trinajstić information content (AvgIpc) is 2.92. The number of nitrogens with two attached hydrogens (primary N) is 2. The predicted octanol–water partition coefficient (Wildman–Crippen LogP) is 1.40. The Labute approximate surface area is 133 Å². The molecule has 0 aromatic carbocycles. The van der Waals surface area contributed by atoms with Crippen molar-refractivity contribution in [1.82, 2.24) is 30.2 Å². The molecule has 6 N–H and O–H groups in total. The first-order valence-electron chi connectivity index (χ1n) is 7.45. The number of pyridine rings is 1. The van der Waals surface area contributed by atoms with Gasteiger partial charge in [0, 0.05) is 18.9 Å². The lowest BCUT2D eigenvalue weighted by atomic mass is 10.0. The summed E-state index contributed by atoms with van der Waals surface area (Å²) in [6.45, 7) is 4.94. The number of H-pyrrole nitrogens is 1. The van der Waals surface area contributed by atoms with E-state index >= 15 is 0 Å². The third kappa shape index (κ3) is 3.21. The van der Waals surface area contributed by atoms with Gasteiger partial charge in [0.05, 0.1) is 6.04 Å². The van der Waals surface area contributed by atoms with E-state index in [0.717, 1.165) is 11.4 Å². The van der Waals surface area contributed by atoms with E-state index in [2.05, 4.69) is 44.1 Å². The molecule has 23 heavy (non-hydrogen) atoms. The van der Waals surface area contributed by atoms with Gasteiger partial charge in [-0.25, -0.2) is 4.98 Å². The van der Waals surface area contributed by atoms with E-state index in [1.165, 1.54) is 0 Å². The van der Waals surface area contributed by atoms with Crippen molar-refractivity contribution in [2.24, 2.45) is 5.92 Å². The highest BCUT2D eigenvalue weighted by molar-refractivity contribution is 5.82. The van der Waals surface area contributed by atoms with Crippen LogP contribution >= 0.6 is 0 Å². The normalized spacial score (nSPS) is 12.8. The van der Waals surface area contributed by atoms with Gasteiger partial charge in [-0.3, -0.25) is 4.98 Å². The third-order valence-electron chi connectivity index (χ3n) is 3.62. The molecule has 0 aliphatic rings. The molecule has 3 heterocycles. The first-order chi connectivity index (χ1) is 11.0. The average molecular weight is 312 g/mol. The van der Waals surface area contributed by atoms with E-state index in [1.54, 1.807) is 6.20 Å². The summed E-state index contributed by atoms with van der Waals surface area (Å²) in [6.07, 6.45) is 3.60. The predicted molar refractivity (Wildman–Crippen MR) is 89.2 cm³/mol. The Kier molecular flexibility index (Phi) is 4.07. The maximum Gasteiger partial charge on any atom is 0.224 e. The molecule has 8 heteroatoms. The number of nitrogens with zero attached hydrogens (tertiary/aromatic N) is 4. The Hall–Kier alpha value is -2.74. The number of rotatable bonds is 5. The largest absolute Gasteiger partial charge is 0.382 e. The first-order valence-corrected chi connectivity index (χ1v) is 7.45. The van der Waals surface area contributed by atoms with Crippen LogP contribution in [-0.2, 0) is 6.54 Å². The third-order valence-corrected chi connectivity index (χ3v) is 3.62. The van der Waals surface area contributed by atoms with Gasteiger partial charge in [-0.2, -0.15) is 9.97 Å². The van der Waals surface area contributed by atoms with Crippen molar-refractivity contribution < 1.29 is 0 Å². The van der Waals surface area contributed by atoms with Crippen molar-refractivity contribution in [3.05, 3.63) is 35.9 Å². The fraction of sp³-hybridized carbons (Fsp3) is 0.333. The highest BCUT2D eigenvalue weighted by Gasteiger charge is 2.20. The van der Waals surface area contributed by atoms with Crippen molar-refractivity contribution in [3.63, 3.8) is 0 Å². The van der Waals surface area contributed by atoms with Crippen LogP contribution in [0.25, 0.3) is 11.2 Å². The summed E-state index contributed by atoms with van der Waals surface area (Å²) in [6, 6.07) is 3.96. The zero-order chi connectivity index (χ0) is 16.4. The SMILES string of the molecule is CC(C)C(NCc1cccnc1)c1nc2nc(N)nc(N)c2[nH]1. The minimum absolute atomic E-state index is 0.0185. The fourth-order valence-electron chi connectivity index (χ4n) is 2.48. The van der Waals surface area contributed by atoms with Gasteiger partial charge in [0.15, 0.2) is 11.5 Å². The maximum absolute atomic E-state index is 5.88. The number of imidazole rings is 1. The molecule has 0 fully saturated rings. The number of fused-ring (bicyclic) bond motifs is 1. The number of nitrogen functional groups attached to an aromatic ring is 2. The Balaban J connectivity index is 1.87. The van der Waals surface area contributed by atoms with Crippen LogP contribution in [0.1, 0.15) is 31.3 Å². The monoisotopic (exact) mass is 312 g/mol. The van der Waals surface area contributed by atoms with Crippen LogP contribution in [0, 0.1) is 5.92 Å². The molecule has 0 aliphatic heterocycles. The minimum atomic E-state index is 0.0185. The number of nitrogens with one attached hydrogen (secondary N) is 2. The summed E-state index contributed by atoms with van der Waals surface area (Å²) >= 11 is 0. The highest BCUT2D eigenvalue weighted by atomic mass is 15.1. The Morgan fingerprint density at radius 2 is 2.04 bits per heavy atom. The van der Waals surface area contributed by atoms with Gasteiger partial charge < -0.3 is 21.8 Å². The van der Waals surface area contributed by atoms with E-state index in [1.807, 2.05) is 18.3 Å². The lowest BCUT2D eigenvalue weighted by molar-refractivity contribution is 0.395. The topological polar surface area (TPSA) is 131 Å². The summed E-state index contributed by atoms with van der Waals surface area (Å²) < 4.78 is 0. The first kappa shape index (κ1) is 15.2. The number of anilines is 2. The van der Waals surface area contributed by atoms with E-state index in [4.69, 9.17) is 11.5 Å². The Morgan fingerprint density at radius 3 is 2.74 bits per heavy atom. The van der Waals surface area contributed by atoms with E-state index < -0.39 is 0 Å². The van der Waals surface area contributed by atoms with Crippen molar-refractivity contribution in [1.29, 1.82) is 0 Å². The van der Waals surface area contributed by atoms with Crippen molar-refractivity contribution in [3.8, 4) is 0 Å². The molecule has 120 valence electrons. The second kappa shape index (κ2) is 6.17. The molecule has 3 rings (SSSR count). The lowest BCUT2D eigenvalue weighted by Crippen LogP contribution is -2.26. The molecule has 0 saturated carbocycles. The molecule has 8 nitrogen and oxygen atoms in total. The Bertz CT molecular complexity index is 796. The summed E-state index contributed by atoms with van der Waals surface area (Å²) in [5, 5.41) is 3.49. The summed E-state index contributed by atoms with van der Waals surface area (Å²) in [7, 11) is 0. The minimum Gasteiger partial charge on any atom is -0.382 e. The molecule has 0 bridgehead atoms. The molecule has 0 radical (unpaired) electrons. The second-order valence-corrected chi connectivity index (χ2v) is 5.75. The summed E-state index contributed by atoms with van der Waals surface area (Å²) in [5.41, 5.74) is 13.7. The fourth-order valence-corrected chi connectivity index (χ4v) is 2.48. The number of aromatic nitrogens is 5. The van der Waals surface area contributed by atoms with Crippen LogP contribution in [0.2, 0.25) is 0 Å². The number of hydrogen-bond acceptors (Lipinski definition) is 7. The molecular weight excluding hydrogens is 292 g/mol. The highest BCUT2D eigenvalue weighted by Crippen LogP contribution is 2.24. The van der Waals surface area contributed by atoms with E-state index in [9.17, 15) is 0 Å². The molecule has 1 unspecified atom stereocenters. The zero-order valence-electron chi connectivity index (χ0n) is 13.1. The van der Waals surface area contributed by atoms with Crippen LogP contribution in [0.3, 0.4) is 0 Å². The zero-order valence-corrected chi connectivity index (χ0v) is 13.1. The second-order valence-electron chi connectivity index (χ2n) is 5.75. The summed E-state index contributed by atoms with van der Waals surface area (Å²) in [4.78, 5) is 19.9. The number of hydrogen-bond donors (Lipinski definition) is 4. The van der Waals surface area contributed by atoms with Crippen LogP contribution in [0.4, 0.5) is 11.8 Å². The molecule has 0 spiro atoms. The van der Waals surface area contributed by atoms with E-state index in [0.29, 0.717) is 29.4 Å². The Morgan fingerprint density at radius 1 is 1.22 bits per heavy atom. The van der Waals surface area contributed by atoms with Gasteiger partial charge in [0.25, 0.3) is 0 Å². The van der Waals surface area contributed by atoms with Crippen LogP contribution < -0.4 is 16.8 Å². The van der Waals surface area contributed by atoms with E-state index in [-0.39, 0.29) is 12.0 Å². The van der Waals surface area contributed by atoms with Crippen molar-refractivity contribution >= 4 is 22.9 Å². The quantitative estimate of drug-likeness (QED) is 0.560. The van der Waals surface area contributed by atoms with Gasteiger partial charge in [-0.05, 0) is 17.5 Å². The van der Waals surface area contributed by atoms with Crippen molar-refractivity contribution in [2.45, 2.75) is 26.4 Å². The van der Waals surface area contributed by atoms with Crippen LogP contribution in [0.5, 0.6) is 0 Å². The summed E-state index contributed by atoms with van der Waals surface area (Å²) in [5.74, 6) is 1.52. The molecule has 3 aromatic heterocycles.